The number of aromatic nitrogens is 4. The van der Waals surface area contributed by atoms with E-state index >= 15 is 0 Å². The molecule has 0 amide bonds. The van der Waals surface area contributed by atoms with E-state index in [1.165, 1.54) is 5.56 Å². The van der Waals surface area contributed by atoms with Crippen LogP contribution in [0.2, 0.25) is 5.02 Å². The molecule has 33 heavy (non-hydrogen) atoms. The Morgan fingerprint density at radius 2 is 2.06 bits per heavy atom. The molecule has 0 saturated carbocycles. The van der Waals surface area contributed by atoms with E-state index in [0.29, 0.717) is 16.7 Å². The van der Waals surface area contributed by atoms with Crippen LogP contribution in [0.25, 0.3) is 17.0 Å². The van der Waals surface area contributed by atoms with Crippen molar-refractivity contribution in [1.29, 1.82) is 0 Å². The van der Waals surface area contributed by atoms with Crippen molar-refractivity contribution in [2.75, 3.05) is 38.7 Å². The Kier molecular flexibility index (Phi) is 6.39. The van der Waals surface area contributed by atoms with Crippen molar-refractivity contribution >= 4 is 28.9 Å². The van der Waals surface area contributed by atoms with Crippen LogP contribution in [-0.4, -0.2) is 57.7 Å². The Morgan fingerprint density at radius 3 is 2.97 bits per heavy atom. The molecular weight excluding hydrogens is 440 g/mol. The third-order valence-electron chi connectivity index (χ3n) is 5.64. The van der Waals surface area contributed by atoms with Gasteiger partial charge in [0.2, 0.25) is 5.95 Å². The van der Waals surface area contributed by atoms with Crippen molar-refractivity contribution in [3.8, 4) is 17.1 Å². The van der Waals surface area contributed by atoms with Gasteiger partial charge in [-0.2, -0.15) is 0 Å². The number of imidazole rings is 1. The molecule has 1 aliphatic rings. The Hall–Kier alpha value is -3.20. The summed E-state index contributed by atoms with van der Waals surface area (Å²) in [6, 6.07) is 12.0. The van der Waals surface area contributed by atoms with Gasteiger partial charge in [0, 0.05) is 32.4 Å². The average Bonchev–Trinajstić information content (AvgIpc) is 3.10. The normalized spacial score (nSPS) is 14.8. The van der Waals surface area contributed by atoms with Crippen molar-refractivity contribution in [2.24, 2.45) is 0 Å². The van der Waals surface area contributed by atoms with E-state index in [2.05, 4.69) is 37.3 Å². The maximum atomic E-state index is 6.44. The van der Waals surface area contributed by atoms with Crippen molar-refractivity contribution in [3.63, 3.8) is 0 Å². The van der Waals surface area contributed by atoms with Crippen LogP contribution in [0.3, 0.4) is 0 Å². The molecule has 1 aromatic carbocycles. The molecule has 0 aliphatic carbocycles. The predicted molar refractivity (Wildman–Crippen MR) is 128 cm³/mol. The van der Waals surface area contributed by atoms with Crippen LogP contribution in [0.4, 0.5) is 11.6 Å². The second-order valence-electron chi connectivity index (χ2n) is 7.86. The number of benzene rings is 1. The van der Waals surface area contributed by atoms with Gasteiger partial charge in [-0.05, 0) is 36.2 Å². The molecule has 170 valence electrons. The van der Waals surface area contributed by atoms with Gasteiger partial charge in [-0.15, -0.1) is 0 Å². The highest BCUT2D eigenvalue weighted by atomic mass is 35.5. The van der Waals surface area contributed by atoms with Gasteiger partial charge in [-0.1, -0.05) is 23.7 Å². The Balaban J connectivity index is 1.39. The Bertz CT molecular complexity index is 1250. The number of nitrogens with one attached hydrogen (secondary N) is 1. The van der Waals surface area contributed by atoms with E-state index in [0.717, 1.165) is 62.0 Å². The van der Waals surface area contributed by atoms with Gasteiger partial charge in [-0.25, -0.2) is 15.0 Å². The van der Waals surface area contributed by atoms with Crippen LogP contribution in [0.1, 0.15) is 12.0 Å². The van der Waals surface area contributed by atoms with Crippen LogP contribution in [0.5, 0.6) is 5.75 Å². The number of pyridine rings is 1. The number of rotatable bonds is 6. The second-order valence-corrected chi connectivity index (χ2v) is 8.27. The number of nitrogens with zero attached hydrogens (tertiary/aromatic N) is 5. The molecule has 0 atom stereocenters. The summed E-state index contributed by atoms with van der Waals surface area (Å²) in [5.74, 6) is 1.16. The monoisotopic (exact) mass is 464 g/mol. The minimum atomic E-state index is 0.427. The molecule has 3 aromatic heterocycles. The zero-order valence-electron chi connectivity index (χ0n) is 18.4. The molecule has 1 saturated heterocycles. The zero-order valence-corrected chi connectivity index (χ0v) is 19.1. The molecule has 4 aromatic rings. The highest BCUT2D eigenvalue weighted by molar-refractivity contribution is 6.32. The summed E-state index contributed by atoms with van der Waals surface area (Å²) in [6.45, 7) is 4.44. The molecule has 0 unspecified atom stereocenters. The van der Waals surface area contributed by atoms with Crippen molar-refractivity contribution in [1.82, 2.24) is 24.3 Å². The van der Waals surface area contributed by atoms with Crippen LogP contribution in [0.15, 0.2) is 55.0 Å². The van der Waals surface area contributed by atoms with Gasteiger partial charge in [0.25, 0.3) is 0 Å². The number of hydrogen-bond acceptors (Lipinski definition) is 7. The smallest absolute Gasteiger partial charge is 0.227 e. The largest absolute Gasteiger partial charge is 0.495 e. The van der Waals surface area contributed by atoms with E-state index in [9.17, 15) is 0 Å². The molecule has 8 nitrogen and oxygen atoms in total. The predicted octanol–water partition coefficient (Wildman–Crippen LogP) is 4.42. The van der Waals surface area contributed by atoms with Gasteiger partial charge in [0.05, 0.1) is 42.5 Å². The maximum absolute atomic E-state index is 6.44. The molecule has 1 aliphatic heterocycles. The van der Waals surface area contributed by atoms with Crippen LogP contribution >= 0.6 is 11.6 Å². The molecule has 9 heteroatoms. The first-order valence-corrected chi connectivity index (χ1v) is 11.3. The van der Waals surface area contributed by atoms with Gasteiger partial charge >= 0.3 is 0 Å². The first-order valence-electron chi connectivity index (χ1n) is 10.9. The lowest BCUT2D eigenvalue weighted by atomic mass is 10.1. The standard InChI is InChI=1S/C24H25ClN6O2/c1-32-21-13-17(16-30-8-4-11-33-12-10-30)6-7-19(21)28-24-27-14-18(25)23(29-24)20-15-26-22-5-2-3-9-31(20)22/h2-3,5-7,9,13-15H,4,8,10-12,16H2,1H3,(H,27,28,29). The molecule has 5 rings (SSSR count). The fourth-order valence-electron chi connectivity index (χ4n) is 3.99. The number of ether oxygens (including phenoxy) is 2. The summed E-state index contributed by atoms with van der Waals surface area (Å²) in [4.78, 5) is 15.9. The molecule has 4 heterocycles. The van der Waals surface area contributed by atoms with E-state index in [4.69, 9.17) is 21.1 Å². The molecule has 0 spiro atoms. The summed E-state index contributed by atoms with van der Waals surface area (Å²) in [5.41, 5.74) is 4.19. The Morgan fingerprint density at radius 1 is 1.12 bits per heavy atom. The summed E-state index contributed by atoms with van der Waals surface area (Å²) in [5, 5.41) is 3.73. The highest BCUT2D eigenvalue weighted by Gasteiger charge is 2.15. The van der Waals surface area contributed by atoms with Crippen molar-refractivity contribution in [3.05, 3.63) is 65.6 Å². The van der Waals surface area contributed by atoms with Gasteiger partial charge in [0.15, 0.2) is 0 Å². The lowest BCUT2D eigenvalue weighted by Crippen LogP contribution is -2.25. The lowest BCUT2D eigenvalue weighted by Gasteiger charge is -2.20. The maximum Gasteiger partial charge on any atom is 0.227 e. The van der Waals surface area contributed by atoms with E-state index in [-0.39, 0.29) is 0 Å². The third kappa shape index (κ3) is 4.78. The lowest BCUT2D eigenvalue weighted by molar-refractivity contribution is 0.140. The number of hydrogen-bond donors (Lipinski definition) is 1. The number of anilines is 2. The summed E-state index contributed by atoms with van der Waals surface area (Å²) >= 11 is 6.44. The first-order chi connectivity index (χ1) is 16.2. The second kappa shape index (κ2) is 9.74. The van der Waals surface area contributed by atoms with Gasteiger partial charge in [-0.3, -0.25) is 9.30 Å². The van der Waals surface area contributed by atoms with Crippen LogP contribution < -0.4 is 10.1 Å². The minimum absolute atomic E-state index is 0.427. The van der Waals surface area contributed by atoms with E-state index in [1.807, 2.05) is 34.9 Å². The van der Waals surface area contributed by atoms with Crippen molar-refractivity contribution < 1.29 is 9.47 Å². The first kappa shape index (κ1) is 21.6. The summed E-state index contributed by atoms with van der Waals surface area (Å²) < 4.78 is 13.2. The minimum Gasteiger partial charge on any atom is -0.495 e. The fourth-order valence-corrected chi connectivity index (χ4v) is 4.17. The van der Waals surface area contributed by atoms with E-state index < -0.39 is 0 Å². The quantitative estimate of drug-likeness (QED) is 0.452. The SMILES string of the molecule is COc1cc(CN2CCCOCC2)ccc1Nc1ncc(Cl)c(-c2cnc3ccccn23)n1. The van der Waals surface area contributed by atoms with Crippen molar-refractivity contribution in [2.45, 2.75) is 13.0 Å². The molecule has 0 radical (unpaired) electrons. The topological polar surface area (TPSA) is 76.8 Å². The number of halogens is 1. The fraction of sp³-hybridized carbons (Fsp3) is 0.292. The molecular formula is C24H25ClN6O2. The molecule has 0 bridgehead atoms. The highest BCUT2D eigenvalue weighted by Crippen LogP contribution is 2.31. The van der Waals surface area contributed by atoms with E-state index in [1.54, 1.807) is 19.5 Å². The van der Waals surface area contributed by atoms with Gasteiger partial charge < -0.3 is 14.8 Å². The zero-order chi connectivity index (χ0) is 22.6. The molecule has 1 N–H and O–H groups in total. The number of methoxy groups -OCH3 is 1. The summed E-state index contributed by atoms with van der Waals surface area (Å²) in [7, 11) is 1.66. The number of fused-ring (bicyclic) bond motifs is 1. The Labute approximate surface area is 197 Å². The third-order valence-corrected chi connectivity index (χ3v) is 5.91. The van der Waals surface area contributed by atoms with Crippen LogP contribution in [0, 0.1) is 0 Å². The summed E-state index contributed by atoms with van der Waals surface area (Å²) in [6.07, 6.45) is 6.34. The average molecular weight is 465 g/mol. The van der Waals surface area contributed by atoms with Gasteiger partial charge in [0.1, 0.15) is 17.1 Å². The van der Waals surface area contributed by atoms with Crippen LogP contribution in [-0.2, 0) is 11.3 Å². The molecule has 1 fully saturated rings.